The van der Waals surface area contributed by atoms with Crippen LogP contribution in [0.5, 0.6) is 5.75 Å². The van der Waals surface area contributed by atoms with Crippen LogP contribution in [0.3, 0.4) is 0 Å². The summed E-state index contributed by atoms with van der Waals surface area (Å²) >= 11 is 5.69. The van der Waals surface area contributed by atoms with Gasteiger partial charge in [-0.2, -0.15) is 0 Å². The highest BCUT2D eigenvalue weighted by Gasteiger charge is 1.92. The summed E-state index contributed by atoms with van der Waals surface area (Å²) < 4.78 is 5.39. The summed E-state index contributed by atoms with van der Waals surface area (Å²) in [5, 5.41) is 0.692. The van der Waals surface area contributed by atoms with Gasteiger partial charge in [0.05, 0.1) is 6.61 Å². The SMILES string of the molecule is CCCCOc1[c]cc(Cl)cc1. The molecule has 0 heterocycles. The molecule has 0 aromatic heterocycles. The third-order valence-electron chi connectivity index (χ3n) is 1.50. The molecular weight excluding hydrogens is 172 g/mol. The van der Waals surface area contributed by atoms with Crippen LogP contribution < -0.4 is 4.74 Å². The van der Waals surface area contributed by atoms with Crippen molar-refractivity contribution in [2.45, 2.75) is 19.8 Å². The van der Waals surface area contributed by atoms with Crippen LogP contribution in [0.25, 0.3) is 0 Å². The molecule has 65 valence electrons. The van der Waals surface area contributed by atoms with Gasteiger partial charge in [0.25, 0.3) is 0 Å². The molecule has 1 rings (SSSR count). The molecule has 0 N–H and O–H groups in total. The Labute approximate surface area is 78.3 Å². The number of unbranched alkanes of at least 4 members (excludes halogenated alkanes) is 1. The Morgan fingerprint density at radius 1 is 1.50 bits per heavy atom. The first kappa shape index (κ1) is 9.40. The van der Waals surface area contributed by atoms with Crippen molar-refractivity contribution in [3.8, 4) is 5.75 Å². The zero-order valence-corrected chi connectivity index (χ0v) is 7.90. The van der Waals surface area contributed by atoms with Crippen molar-refractivity contribution in [2.24, 2.45) is 0 Å². The van der Waals surface area contributed by atoms with Gasteiger partial charge in [-0.3, -0.25) is 0 Å². The standard InChI is InChI=1S/C10H12ClO/c1-2-3-8-12-10-6-4-9(11)5-7-10/h4-6H,2-3,8H2,1H3. The summed E-state index contributed by atoms with van der Waals surface area (Å²) in [6, 6.07) is 8.29. The smallest absolute Gasteiger partial charge is 0.127 e. The molecule has 0 unspecified atom stereocenters. The van der Waals surface area contributed by atoms with Crippen LogP contribution in [0.1, 0.15) is 19.8 Å². The van der Waals surface area contributed by atoms with E-state index in [2.05, 4.69) is 13.0 Å². The second-order valence-corrected chi connectivity index (χ2v) is 3.01. The molecule has 0 saturated carbocycles. The van der Waals surface area contributed by atoms with Crippen LogP contribution in [0.4, 0.5) is 0 Å². The Balaban J connectivity index is 2.37. The van der Waals surface area contributed by atoms with Crippen LogP contribution in [-0.4, -0.2) is 6.61 Å². The highest BCUT2D eigenvalue weighted by Crippen LogP contribution is 2.14. The first-order valence-corrected chi connectivity index (χ1v) is 4.50. The summed E-state index contributed by atoms with van der Waals surface area (Å²) in [7, 11) is 0. The Bertz CT molecular complexity index is 218. The van der Waals surface area contributed by atoms with Gasteiger partial charge in [0, 0.05) is 11.1 Å². The van der Waals surface area contributed by atoms with Crippen molar-refractivity contribution in [3.05, 3.63) is 29.3 Å². The molecule has 1 nitrogen and oxygen atoms in total. The maximum Gasteiger partial charge on any atom is 0.127 e. The fraction of sp³-hybridized carbons (Fsp3) is 0.400. The van der Waals surface area contributed by atoms with E-state index in [-0.39, 0.29) is 0 Å². The van der Waals surface area contributed by atoms with E-state index in [0.717, 1.165) is 25.2 Å². The van der Waals surface area contributed by atoms with Crippen molar-refractivity contribution in [1.29, 1.82) is 0 Å². The molecular formula is C10H12ClO. The van der Waals surface area contributed by atoms with E-state index in [4.69, 9.17) is 16.3 Å². The Kier molecular flexibility index (Phi) is 3.95. The summed E-state index contributed by atoms with van der Waals surface area (Å²) in [6.45, 7) is 2.89. The van der Waals surface area contributed by atoms with E-state index in [1.54, 1.807) is 12.1 Å². The second-order valence-electron chi connectivity index (χ2n) is 2.57. The van der Waals surface area contributed by atoms with Gasteiger partial charge in [-0.1, -0.05) is 24.9 Å². The van der Waals surface area contributed by atoms with Gasteiger partial charge in [0.1, 0.15) is 5.75 Å². The van der Waals surface area contributed by atoms with E-state index >= 15 is 0 Å². The molecule has 1 radical (unpaired) electrons. The minimum absolute atomic E-state index is 0.692. The van der Waals surface area contributed by atoms with Crippen LogP contribution in [-0.2, 0) is 0 Å². The van der Waals surface area contributed by atoms with Crippen molar-refractivity contribution in [1.82, 2.24) is 0 Å². The summed E-state index contributed by atoms with van der Waals surface area (Å²) in [5.41, 5.74) is 0. The van der Waals surface area contributed by atoms with Gasteiger partial charge in [-0.05, 0) is 24.6 Å². The van der Waals surface area contributed by atoms with Crippen molar-refractivity contribution < 1.29 is 4.74 Å². The normalized spacial score (nSPS) is 9.83. The number of halogens is 1. The highest BCUT2D eigenvalue weighted by molar-refractivity contribution is 6.30. The molecule has 1 aromatic rings. The molecule has 0 fully saturated rings. The Hall–Kier alpha value is -0.690. The largest absolute Gasteiger partial charge is 0.493 e. The number of ether oxygens (including phenoxy) is 1. The predicted molar refractivity (Wildman–Crippen MR) is 50.7 cm³/mol. The number of hydrogen-bond donors (Lipinski definition) is 0. The quantitative estimate of drug-likeness (QED) is 0.651. The third kappa shape index (κ3) is 3.14. The average Bonchev–Trinajstić information content (AvgIpc) is 2.09. The molecule has 0 atom stereocenters. The van der Waals surface area contributed by atoms with Gasteiger partial charge in [-0.25, -0.2) is 0 Å². The van der Waals surface area contributed by atoms with Gasteiger partial charge >= 0.3 is 0 Å². The lowest BCUT2D eigenvalue weighted by molar-refractivity contribution is 0.309. The van der Waals surface area contributed by atoms with Gasteiger partial charge < -0.3 is 4.74 Å². The number of hydrogen-bond acceptors (Lipinski definition) is 1. The number of benzene rings is 1. The third-order valence-corrected chi connectivity index (χ3v) is 1.74. The molecule has 0 bridgehead atoms. The Morgan fingerprint density at radius 2 is 2.33 bits per heavy atom. The molecule has 0 spiro atoms. The minimum Gasteiger partial charge on any atom is -0.493 e. The van der Waals surface area contributed by atoms with E-state index in [1.807, 2.05) is 6.07 Å². The zero-order chi connectivity index (χ0) is 8.81. The minimum atomic E-state index is 0.692. The molecule has 1 aromatic carbocycles. The highest BCUT2D eigenvalue weighted by atomic mass is 35.5. The molecule has 2 heteroatoms. The van der Waals surface area contributed by atoms with Crippen LogP contribution in [0.2, 0.25) is 5.02 Å². The van der Waals surface area contributed by atoms with Crippen molar-refractivity contribution in [3.63, 3.8) is 0 Å². The van der Waals surface area contributed by atoms with Crippen molar-refractivity contribution >= 4 is 11.6 Å². The summed E-state index contributed by atoms with van der Waals surface area (Å²) in [5.74, 6) is 0.771. The van der Waals surface area contributed by atoms with E-state index in [1.165, 1.54) is 0 Å². The topological polar surface area (TPSA) is 9.23 Å². The van der Waals surface area contributed by atoms with Gasteiger partial charge in [0.2, 0.25) is 0 Å². The summed E-state index contributed by atoms with van der Waals surface area (Å²) in [6.07, 6.45) is 2.23. The van der Waals surface area contributed by atoms with E-state index < -0.39 is 0 Å². The first-order chi connectivity index (χ1) is 5.83. The Morgan fingerprint density at radius 3 is 2.92 bits per heavy atom. The molecule has 0 saturated heterocycles. The van der Waals surface area contributed by atoms with E-state index in [9.17, 15) is 0 Å². The maximum atomic E-state index is 5.69. The summed E-state index contributed by atoms with van der Waals surface area (Å²) in [4.78, 5) is 0. The average molecular weight is 184 g/mol. The van der Waals surface area contributed by atoms with Crippen molar-refractivity contribution in [2.75, 3.05) is 6.61 Å². The number of rotatable bonds is 4. The molecule has 0 aliphatic carbocycles. The fourth-order valence-corrected chi connectivity index (χ4v) is 0.925. The molecule has 0 aliphatic heterocycles. The molecule has 0 amide bonds. The second kappa shape index (κ2) is 5.04. The molecule has 0 aliphatic rings. The fourth-order valence-electron chi connectivity index (χ4n) is 0.808. The lowest BCUT2D eigenvalue weighted by Crippen LogP contribution is -1.95. The van der Waals surface area contributed by atoms with Gasteiger partial charge in [-0.15, -0.1) is 0 Å². The van der Waals surface area contributed by atoms with Crippen LogP contribution in [0.15, 0.2) is 18.2 Å². The monoisotopic (exact) mass is 183 g/mol. The van der Waals surface area contributed by atoms with Crippen LogP contribution in [0, 0.1) is 6.07 Å². The predicted octanol–water partition coefficient (Wildman–Crippen LogP) is 3.32. The molecule has 12 heavy (non-hydrogen) atoms. The lowest BCUT2D eigenvalue weighted by Gasteiger charge is -2.03. The van der Waals surface area contributed by atoms with Gasteiger partial charge in [0.15, 0.2) is 0 Å². The lowest BCUT2D eigenvalue weighted by atomic mass is 10.3. The van der Waals surface area contributed by atoms with Crippen LogP contribution >= 0.6 is 11.6 Å². The van der Waals surface area contributed by atoms with E-state index in [0.29, 0.717) is 5.02 Å². The maximum absolute atomic E-state index is 5.69. The zero-order valence-electron chi connectivity index (χ0n) is 7.14. The first-order valence-electron chi connectivity index (χ1n) is 4.13.